The molecule has 0 radical (unpaired) electrons. The molecule has 16 nitrogen and oxygen atoms in total. The van der Waals surface area contributed by atoms with E-state index in [9.17, 15) is 29.4 Å². The molecule has 0 aliphatic carbocycles. The summed E-state index contributed by atoms with van der Waals surface area (Å²) in [6, 6.07) is 8.95. The molecule has 0 unspecified atom stereocenters. The van der Waals surface area contributed by atoms with E-state index in [4.69, 9.17) is 23.8 Å². The van der Waals surface area contributed by atoms with Crippen LogP contribution in [0.5, 0.6) is 34.8 Å². The molecule has 16 heteroatoms. The van der Waals surface area contributed by atoms with Crippen molar-refractivity contribution in [1.82, 2.24) is 24.5 Å². The van der Waals surface area contributed by atoms with E-state index >= 15 is 0 Å². The molecule has 0 saturated carbocycles. The maximum Gasteiger partial charge on any atom is 0.415 e. The van der Waals surface area contributed by atoms with Gasteiger partial charge in [-0.1, -0.05) is 0 Å². The Hall–Kier alpha value is -6.19. The van der Waals surface area contributed by atoms with E-state index in [0.717, 1.165) is 17.5 Å². The molecule has 0 atom stereocenters. The molecule has 0 saturated heterocycles. The zero-order valence-electron chi connectivity index (χ0n) is 26.1. The summed E-state index contributed by atoms with van der Waals surface area (Å²) in [5, 5.41) is 23.9. The van der Waals surface area contributed by atoms with E-state index < -0.39 is 29.7 Å². The number of nitrogens with one attached hydrogen (secondary N) is 1. The van der Waals surface area contributed by atoms with Crippen molar-refractivity contribution in [2.75, 3.05) is 34.0 Å². The van der Waals surface area contributed by atoms with Gasteiger partial charge < -0.3 is 48.8 Å². The molecule has 2 amide bonds. The van der Waals surface area contributed by atoms with Crippen LogP contribution in [0, 0.1) is 0 Å². The van der Waals surface area contributed by atoms with Crippen LogP contribution in [0.2, 0.25) is 0 Å². The number of fused-ring (bicyclic) bond motifs is 6. The van der Waals surface area contributed by atoms with Crippen LogP contribution >= 0.6 is 0 Å². The Morgan fingerprint density at radius 1 is 0.979 bits per heavy atom. The molecule has 0 bridgehead atoms. The predicted molar refractivity (Wildman–Crippen MR) is 170 cm³/mol. The quantitative estimate of drug-likeness (QED) is 0.186. The van der Waals surface area contributed by atoms with Crippen LogP contribution < -0.4 is 34.7 Å². The van der Waals surface area contributed by atoms with Gasteiger partial charge in [-0.2, -0.15) is 0 Å². The summed E-state index contributed by atoms with van der Waals surface area (Å²) in [7, 11) is 2.89. The van der Waals surface area contributed by atoms with Crippen molar-refractivity contribution in [1.29, 1.82) is 0 Å². The third-order valence-corrected chi connectivity index (χ3v) is 7.81. The Morgan fingerprint density at radius 2 is 1.69 bits per heavy atom. The van der Waals surface area contributed by atoms with Gasteiger partial charge in [-0.15, -0.1) is 4.73 Å². The summed E-state index contributed by atoms with van der Waals surface area (Å²) in [6.45, 7) is 2.42. The molecule has 1 aliphatic rings. The highest BCUT2D eigenvalue weighted by atomic mass is 16.7. The Labute approximate surface area is 271 Å². The molecule has 5 aromatic rings. The van der Waals surface area contributed by atoms with Crippen LogP contribution in [0.3, 0.4) is 0 Å². The first-order chi connectivity index (χ1) is 23.1. The Morgan fingerprint density at radius 3 is 2.40 bits per heavy atom. The zero-order chi connectivity index (χ0) is 34.1. The number of ether oxygens (including phenoxy) is 4. The van der Waals surface area contributed by atoms with E-state index in [-0.39, 0.29) is 49.8 Å². The van der Waals surface area contributed by atoms with Crippen molar-refractivity contribution in [3.8, 4) is 34.8 Å². The lowest BCUT2D eigenvalue weighted by molar-refractivity contribution is -0.146. The molecular formula is C32H31N5O11. The fourth-order valence-corrected chi connectivity index (χ4v) is 5.38. The first-order valence-corrected chi connectivity index (χ1v) is 14.9. The van der Waals surface area contributed by atoms with Gasteiger partial charge >= 0.3 is 12.1 Å². The van der Waals surface area contributed by atoms with Crippen LogP contribution in [0.25, 0.3) is 32.6 Å². The summed E-state index contributed by atoms with van der Waals surface area (Å²) in [5.74, 6) is -0.912. The van der Waals surface area contributed by atoms with Crippen molar-refractivity contribution in [2.24, 2.45) is 0 Å². The fraction of sp³-hybridized carbons (Fsp3) is 0.281. The molecule has 3 aromatic heterocycles. The van der Waals surface area contributed by atoms with Gasteiger partial charge in [0.25, 0.3) is 5.56 Å². The molecule has 3 N–H and O–H groups in total. The number of methoxy groups -OCH3 is 1. The van der Waals surface area contributed by atoms with Crippen molar-refractivity contribution >= 4 is 50.5 Å². The van der Waals surface area contributed by atoms with E-state index in [1.54, 1.807) is 22.9 Å². The lowest BCUT2D eigenvalue weighted by atomic mass is 10.0. The molecule has 2 aromatic carbocycles. The van der Waals surface area contributed by atoms with Crippen LogP contribution in [-0.4, -0.2) is 81.4 Å². The SMILES string of the molecule is CCn1c(=O)c2cc(OC(=O)N(C)CCNC(=O)CCC(=O)On3c(O)ccc3O)c(OC)cc2c2cnc3cc4c(cc3c21)OCO4. The van der Waals surface area contributed by atoms with Crippen molar-refractivity contribution < 1.29 is 48.4 Å². The van der Waals surface area contributed by atoms with Gasteiger partial charge in [-0.05, 0) is 25.1 Å². The number of likely N-dealkylation sites (N-methyl/N-ethyl adjacent to an activating group) is 1. The molecule has 0 spiro atoms. The molecular weight excluding hydrogens is 630 g/mol. The molecule has 250 valence electrons. The minimum absolute atomic E-state index is 0.0281. The maximum atomic E-state index is 13.8. The number of aromatic nitrogens is 3. The number of nitrogens with zero attached hydrogens (tertiary/aromatic N) is 4. The highest BCUT2D eigenvalue weighted by Gasteiger charge is 2.22. The second kappa shape index (κ2) is 12.9. The highest BCUT2D eigenvalue weighted by Crippen LogP contribution is 2.40. The van der Waals surface area contributed by atoms with Crippen LogP contribution in [-0.2, 0) is 16.1 Å². The summed E-state index contributed by atoms with van der Waals surface area (Å²) in [6.07, 6.45) is 0.359. The summed E-state index contributed by atoms with van der Waals surface area (Å²) >= 11 is 0. The lowest BCUT2D eigenvalue weighted by Gasteiger charge is -2.19. The van der Waals surface area contributed by atoms with Gasteiger partial charge in [0.05, 0.1) is 30.0 Å². The van der Waals surface area contributed by atoms with Gasteiger partial charge in [0, 0.05) is 73.7 Å². The fourth-order valence-electron chi connectivity index (χ4n) is 5.38. The average Bonchev–Trinajstić information content (AvgIpc) is 3.67. The van der Waals surface area contributed by atoms with Crippen LogP contribution in [0.4, 0.5) is 4.79 Å². The van der Waals surface area contributed by atoms with E-state index in [1.165, 1.54) is 25.1 Å². The lowest BCUT2D eigenvalue weighted by Crippen LogP contribution is -2.37. The monoisotopic (exact) mass is 661 g/mol. The standard InChI is InChI=1S/C32H31N5O11/c1-4-36-30-19-13-23-24(46-16-45-23)14-21(19)34-15-20(30)17-11-22(44-3)25(12-18(17)31(36)42)47-32(43)35(2)10-9-33-26(38)5-8-29(41)48-37-27(39)6-7-28(37)40/h6-7,11-15,39-40H,4-5,8-10,16H2,1-3H3,(H,33,38). The van der Waals surface area contributed by atoms with Crippen molar-refractivity contribution in [2.45, 2.75) is 26.3 Å². The zero-order valence-corrected chi connectivity index (χ0v) is 26.1. The second-order valence-corrected chi connectivity index (χ2v) is 10.8. The first-order valence-electron chi connectivity index (χ1n) is 14.9. The topological polar surface area (TPSA) is 193 Å². The number of pyridine rings is 2. The normalized spacial score (nSPS) is 12.0. The largest absolute Gasteiger partial charge is 0.493 e. The predicted octanol–water partition coefficient (Wildman–Crippen LogP) is 2.66. The van der Waals surface area contributed by atoms with E-state index in [0.29, 0.717) is 50.0 Å². The number of aryl methyl sites for hydroxylation is 1. The Bertz CT molecular complexity index is 2140. The third kappa shape index (κ3) is 5.90. The Kier molecular flexibility index (Phi) is 8.54. The second-order valence-electron chi connectivity index (χ2n) is 10.8. The molecule has 0 fully saturated rings. The summed E-state index contributed by atoms with van der Waals surface area (Å²) in [4.78, 5) is 61.6. The van der Waals surface area contributed by atoms with E-state index in [2.05, 4.69) is 10.3 Å². The van der Waals surface area contributed by atoms with Crippen LogP contribution in [0.15, 0.2) is 47.4 Å². The highest BCUT2D eigenvalue weighted by molar-refractivity contribution is 6.15. The first kappa shape index (κ1) is 31.8. The number of carbonyl (C=O) groups is 3. The number of hydrogen-bond acceptors (Lipinski definition) is 12. The number of amides is 2. The van der Waals surface area contributed by atoms with Gasteiger partial charge in [-0.25, -0.2) is 9.59 Å². The number of carbonyl (C=O) groups excluding carboxylic acids is 3. The third-order valence-electron chi connectivity index (χ3n) is 7.81. The molecule has 6 rings (SSSR count). The molecule has 48 heavy (non-hydrogen) atoms. The van der Waals surface area contributed by atoms with Crippen LogP contribution in [0.1, 0.15) is 19.8 Å². The number of hydrogen-bond donors (Lipinski definition) is 3. The molecule has 4 heterocycles. The molecule has 1 aliphatic heterocycles. The number of benzene rings is 2. The van der Waals surface area contributed by atoms with Gasteiger partial charge in [0.2, 0.25) is 24.5 Å². The smallest absolute Gasteiger partial charge is 0.415 e. The van der Waals surface area contributed by atoms with Gasteiger partial charge in [0.15, 0.2) is 23.0 Å². The van der Waals surface area contributed by atoms with E-state index in [1.807, 2.05) is 13.0 Å². The summed E-state index contributed by atoms with van der Waals surface area (Å²) in [5.41, 5.74) is 1.01. The van der Waals surface area contributed by atoms with Gasteiger partial charge in [-0.3, -0.25) is 14.6 Å². The van der Waals surface area contributed by atoms with Crippen molar-refractivity contribution in [3.63, 3.8) is 0 Å². The van der Waals surface area contributed by atoms with Gasteiger partial charge in [0.1, 0.15) is 0 Å². The summed E-state index contributed by atoms with van der Waals surface area (Å²) < 4.78 is 24.4. The average molecular weight is 662 g/mol. The van der Waals surface area contributed by atoms with Crippen molar-refractivity contribution in [3.05, 3.63) is 52.9 Å². The number of aromatic hydroxyl groups is 2. The number of rotatable bonds is 10. The maximum absolute atomic E-state index is 13.8. The minimum Gasteiger partial charge on any atom is -0.493 e. The minimum atomic E-state index is -0.854. The Balaban J connectivity index is 1.14.